The number of ether oxygens (including phenoxy) is 1. The molecule has 3 heteroatoms. The molecule has 4 atom stereocenters. The summed E-state index contributed by atoms with van der Waals surface area (Å²) < 4.78 is 5.32. The maximum Gasteiger partial charge on any atom is 0.157 e. The lowest BCUT2D eigenvalue weighted by molar-refractivity contribution is -0.114. The summed E-state index contributed by atoms with van der Waals surface area (Å²) in [5, 5.41) is 11.0. The molecule has 3 nitrogen and oxygen atoms in total. The molecule has 0 aromatic rings. The van der Waals surface area contributed by atoms with Crippen LogP contribution >= 0.6 is 0 Å². The van der Waals surface area contributed by atoms with Gasteiger partial charge in [-0.25, -0.2) is 0 Å². The van der Waals surface area contributed by atoms with Crippen LogP contribution in [0.3, 0.4) is 0 Å². The zero-order valence-electron chi connectivity index (χ0n) is 17.1. The highest BCUT2D eigenvalue weighted by atomic mass is 16.5. The first kappa shape index (κ1) is 18.9. The fourth-order valence-corrected chi connectivity index (χ4v) is 6.49. The third-order valence-corrected chi connectivity index (χ3v) is 7.92. The van der Waals surface area contributed by atoms with Gasteiger partial charge in [-0.3, -0.25) is 4.79 Å². The van der Waals surface area contributed by atoms with Gasteiger partial charge in [-0.2, -0.15) is 0 Å². The molecule has 1 saturated carbocycles. The third kappa shape index (κ3) is 2.58. The molecule has 0 amide bonds. The smallest absolute Gasteiger partial charge is 0.157 e. The van der Waals surface area contributed by atoms with E-state index in [4.69, 9.17) is 4.74 Å². The molecule has 0 aromatic heterocycles. The summed E-state index contributed by atoms with van der Waals surface area (Å²) in [5.41, 5.74) is 4.37. The Kier molecular flexibility index (Phi) is 4.40. The van der Waals surface area contributed by atoms with Gasteiger partial charge in [0.1, 0.15) is 0 Å². The average Bonchev–Trinajstić information content (AvgIpc) is 2.99. The summed E-state index contributed by atoms with van der Waals surface area (Å²) in [6, 6.07) is 0. The van der Waals surface area contributed by atoms with E-state index in [2.05, 4.69) is 32.1 Å². The molecule has 4 rings (SSSR count). The average molecular weight is 369 g/mol. The topological polar surface area (TPSA) is 46.5 Å². The molecule has 0 unspecified atom stereocenters. The summed E-state index contributed by atoms with van der Waals surface area (Å²) >= 11 is 0. The van der Waals surface area contributed by atoms with Gasteiger partial charge in [0.2, 0.25) is 0 Å². The number of rotatable bonds is 4. The molecule has 0 spiro atoms. The molecule has 27 heavy (non-hydrogen) atoms. The van der Waals surface area contributed by atoms with Crippen molar-refractivity contribution in [3.05, 3.63) is 46.6 Å². The normalized spacial score (nSPS) is 40.1. The van der Waals surface area contributed by atoms with Crippen molar-refractivity contribution in [3.63, 3.8) is 0 Å². The first-order chi connectivity index (χ1) is 12.8. The number of hydrogen-bond acceptors (Lipinski definition) is 3. The molecule has 4 aliphatic rings. The second-order valence-electron chi connectivity index (χ2n) is 9.25. The molecular weight excluding hydrogens is 336 g/mol. The van der Waals surface area contributed by atoms with E-state index in [9.17, 15) is 9.90 Å². The van der Waals surface area contributed by atoms with E-state index in [0.29, 0.717) is 12.5 Å². The van der Waals surface area contributed by atoms with Crippen LogP contribution in [0.2, 0.25) is 0 Å². The van der Waals surface area contributed by atoms with E-state index in [1.54, 1.807) is 14.0 Å². The van der Waals surface area contributed by atoms with Crippen LogP contribution in [0, 0.1) is 16.7 Å². The van der Waals surface area contributed by atoms with Gasteiger partial charge in [0.25, 0.3) is 0 Å². The Morgan fingerprint density at radius 3 is 2.78 bits per heavy atom. The minimum Gasteiger partial charge on any atom is -0.387 e. The molecule has 0 bridgehead atoms. The van der Waals surface area contributed by atoms with Gasteiger partial charge in [-0.1, -0.05) is 31.2 Å². The monoisotopic (exact) mass is 368 g/mol. The van der Waals surface area contributed by atoms with Crippen molar-refractivity contribution < 1.29 is 14.6 Å². The van der Waals surface area contributed by atoms with Gasteiger partial charge in [0.05, 0.1) is 12.2 Å². The quantitative estimate of drug-likeness (QED) is 0.783. The van der Waals surface area contributed by atoms with Crippen molar-refractivity contribution >= 4 is 5.78 Å². The van der Waals surface area contributed by atoms with Crippen molar-refractivity contribution in [1.29, 1.82) is 0 Å². The van der Waals surface area contributed by atoms with E-state index >= 15 is 0 Å². The molecule has 0 aromatic carbocycles. The minimum atomic E-state index is -0.682. The zero-order valence-corrected chi connectivity index (χ0v) is 17.1. The van der Waals surface area contributed by atoms with Gasteiger partial charge in [-0.15, -0.1) is 0 Å². The molecule has 1 fully saturated rings. The van der Waals surface area contributed by atoms with Gasteiger partial charge < -0.3 is 9.84 Å². The lowest BCUT2D eigenvalue weighted by Crippen LogP contribution is -2.50. The largest absolute Gasteiger partial charge is 0.387 e. The fraction of sp³-hybridized carbons (Fsp3) is 0.625. The Morgan fingerprint density at radius 2 is 2.11 bits per heavy atom. The summed E-state index contributed by atoms with van der Waals surface area (Å²) in [7, 11) is 1.68. The van der Waals surface area contributed by atoms with Crippen molar-refractivity contribution in [2.24, 2.45) is 16.7 Å². The fourth-order valence-electron chi connectivity index (χ4n) is 6.49. The number of Topliss-reactive ketones (excluding diaryl/α,β-unsaturated/α-hetero) is 1. The number of aliphatic hydroxyl groups is 1. The van der Waals surface area contributed by atoms with E-state index in [1.165, 1.54) is 16.7 Å². The molecule has 1 N–H and O–H groups in total. The van der Waals surface area contributed by atoms with Gasteiger partial charge >= 0.3 is 0 Å². The molecule has 0 saturated heterocycles. The Balaban J connectivity index is 1.73. The highest BCUT2D eigenvalue weighted by Crippen LogP contribution is 2.62. The maximum atomic E-state index is 12.2. The molecule has 0 aliphatic heterocycles. The van der Waals surface area contributed by atoms with Crippen LogP contribution in [0.25, 0.3) is 0 Å². The first-order valence-electron chi connectivity index (χ1n) is 10.4. The predicted octanol–water partition coefficient (Wildman–Crippen LogP) is 4.68. The maximum absolute atomic E-state index is 12.2. The van der Waals surface area contributed by atoms with Crippen LogP contribution < -0.4 is 0 Å². The molecule has 4 aliphatic carbocycles. The molecule has 0 heterocycles. The highest BCUT2D eigenvalue weighted by Gasteiger charge is 2.53. The predicted molar refractivity (Wildman–Crippen MR) is 107 cm³/mol. The highest BCUT2D eigenvalue weighted by molar-refractivity contribution is 5.98. The standard InChI is InChI=1S/C24H32O3/c1-5-24-13-12-23(26,15-27-4)14-17(24)6-7-18-20-9-8-19(16(2)25)22(20,3)11-10-21(18)24/h8-11,17,26H,5-7,12-15H2,1-4H3/t17-,22+,23+,24-/m0/s1. The van der Waals surface area contributed by atoms with Gasteiger partial charge in [0, 0.05) is 18.1 Å². The van der Waals surface area contributed by atoms with Crippen LogP contribution in [-0.2, 0) is 9.53 Å². The minimum absolute atomic E-state index is 0.144. The second-order valence-corrected chi connectivity index (χ2v) is 9.25. The van der Waals surface area contributed by atoms with Gasteiger partial charge in [-0.05, 0) is 80.4 Å². The SMILES string of the molecule is CC[C@]12CC[C@](O)(COC)C[C@@H]1CCC1=C2C=C[C@]2(C)C(C(C)=O)=CC=C12. The van der Waals surface area contributed by atoms with Crippen molar-refractivity contribution in [1.82, 2.24) is 0 Å². The van der Waals surface area contributed by atoms with E-state index in [0.717, 1.165) is 44.1 Å². The van der Waals surface area contributed by atoms with E-state index < -0.39 is 5.60 Å². The second kappa shape index (κ2) is 6.28. The Labute approximate surface area is 162 Å². The summed E-state index contributed by atoms with van der Waals surface area (Å²) in [5.74, 6) is 0.657. The van der Waals surface area contributed by atoms with Crippen LogP contribution in [0.1, 0.15) is 59.3 Å². The van der Waals surface area contributed by atoms with Crippen LogP contribution in [-0.4, -0.2) is 30.2 Å². The number of carbonyl (C=O) groups excluding carboxylic acids is 1. The van der Waals surface area contributed by atoms with Crippen LogP contribution in [0.5, 0.6) is 0 Å². The van der Waals surface area contributed by atoms with Crippen molar-refractivity contribution in [3.8, 4) is 0 Å². The van der Waals surface area contributed by atoms with E-state index in [-0.39, 0.29) is 16.6 Å². The number of methoxy groups -OCH3 is 1. The van der Waals surface area contributed by atoms with Crippen molar-refractivity contribution in [2.75, 3.05) is 13.7 Å². The third-order valence-electron chi connectivity index (χ3n) is 7.92. The Hall–Kier alpha value is -1.45. The van der Waals surface area contributed by atoms with E-state index in [1.807, 2.05) is 6.08 Å². The van der Waals surface area contributed by atoms with Crippen molar-refractivity contribution in [2.45, 2.75) is 64.9 Å². The lowest BCUT2D eigenvalue weighted by atomic mass is 9.51. The number of fused-ring (bicyclic) bond motifs is 4. The number of hydrogen-bond donors (Lipinski definition) is 1. The molecular formula is C24H32O3. The van der Waals surface area contributed by atoms with Crippen LogP contribution in [0.4, 0.5) is 0 Å². The lowest BCUT2D eigenvalue weighted by Gasteiger charge is -2.55. The van der Waals surface area contributed by atoms with Crippen LogP contribution in [0.15, 0.2) is 46.6 Å². The number of allylic oxidation sites excluding steroid dienone is 8. The van der Waals surface area contributed by atoms with Gasteiger partial charge in [0.15, 0.2) is 5.78 Å². The Bertz CT molecular complexity index is 798. The molecule has 0 radical (unpaired) electrons. The number of ketones is 1. The summed E-state index contributed by atoms with van der Waals surface area (Å²) in [4.78, 5) is 12.2. The first-order valence-corrected chi connectivity index (χ1v) is 10.4. The summed E-state index contributed by atoms with van der Waals surface area (Å²) in [6.45, 7) is 6.59. The molecule has 146 valence electrons. The summed E-state index contributed by atoms with van der Waals surface area (Å²) in [6.07, 6.45) is 14.7. The zero-order chi connectivity index (χ0) is 19.4. The Morgan fingerprint density at radius 1 is 1.33 bits per heavy atom. The number of carbonyl (C=O) groups is 1.